The molecule has 0 fully saturated rings. The lowest BCUT2D eigenvalue weighted by molar-refractivity contribution is 0.599. The third-order valence-corrected chi connectivity index (χ3v) is 5.17. The van der Waals surface area contributed by atoms with Crippen molar-refractivity contribution in [2.24, 2.45) is 5.14 Å². The number of hydrogen-bond donors (Lipinski definition) is 1. The molecule has 2 aromatic rings. The summed E-state index contributed by atoms with van der Waals surface area (Å²) in [6.45, 7) is 2.04. The molecule has 0 spiro atoms. The standard InChI is InChI=1S/C14H15NO2S2/c1-11-4-2-5-12(10-11)6-3-7-13-8-9-18-14(13)19(15,16)17/h2-6,8-10H,7H2,1H3,(H2,15,16,17)/b6-3+. The van der Waals surface area contributed by atoms with Crippen LogP contribution in [0.4, 0.5) is 0 Å². The summed E-state index contributed by atoms with van der Waals surface area (Å²) in [5, 5.41) is 6.91. The van der Waals surface area contributed by atoms with Crippen molar-refractivity contribution in [2.45, 2.75) is 17.6 Å². The predicted octanol–water partition coefficient (Wildman–Crippen LogP) is 2.96. The molecule has 0 aliphatic heterocycles. The number of thiophene rings is 1. The third kappa shape index (κ3) is 3.76. The molecular formula is C14H15NO2S2. The highest BCUT2D eigenvalue weighted by molar-refractivity contribution is 7.91. The first-order valence-electron chi connectivity index (χ1n) is 5.79. The lowest BCUT2D eigenvalue weighted by atomic mass is 10.1. The molecule has 3 nitrogen and oxygen atoms in total. The van der Waals surface area contributed by atoms with E-state index in [-0.39, 0.29) is 4.21 Å². The van der Waals surface area contributed by atoms with Gasteiger partial charge in [0.1, 0.15) is 4.21 Å². The van der Waals surface area contributed by atoms with E-state index >= 15 is 0 Å². The van der Waals surface area contributed by atoms with Gasteiger partial charge in [-0.05, 0) is 35.9 Å². The fourth-order valence-electron chi connectivity index (χ4n) is 1.82. The fraction of sp³-hybridized carbons (Fsp3) is 0.143. The summed E-state index contributed by atoms with van der Waals surface area (Å²) >= 11 is 1.16. The summed E-state index contributed by atoms with van der Waals surface area (Å²) in [4.78, 5) is 0. The highest BCUT2D eigenvalue weighted by Gasteiger charge is 2.14. The average molecular weight is 293 g/mol. The largest absolute Gasteiger partial charge is 0.247 e. The van der Waals surface area contributed by atoms with Crippen LogP contribution in [0.15, 0.2) is 46.0 Å². The first-order valence-corrected chi connectivity index (χ1v) is 8.22. The summed E-state index contributed by atoms with van der Waals surface area (Å²) in [7, 11) is -3.61. The molecule has 100 valence electrons. The summed E-state index contributed by atoms with van der Waals surface area (Å²) in [5.41, 5.74) is 3.05. The zero-order valence-electron chi connectivity index (χ0n) is 10.5. The predicted molar refractivity (Wildman–Crippen MR) is 79.6 cm³/mol. The molecule has 2 N–H and O–H groups in total. The van der Waals surface area contributed by atoms with Crippen LogP contribution >= 0.6 is 11.3 Å². The van der Waals surface area contributed by atoms with Crippen molar-refractivity contribution in [3.63, 3.8) is 0 Å². The van der Waals surface area contributed by atoms with E-state index in [0.29, 0.717) is 6.42 Å². The molecule has 0 amide bonds. The molecule has 1 aromatic carbocycles. The van der Waals surface area contributed by atoms with Crippen LogP contribution in [0.5, 0.6) is 0 Å². The number of allylic oxidation sites excluding steroid dienone is 1. The zero-order chi connectivity index (χ0) is 13.9. The monoisotopic (exact) mass is 293 g/mol. The van der Waals surface area contributed by atoms with E-state index in [1.165, 1.54) is 5.56 Å². The molecule has 19 heavy (non-hydrogen) atoms. The fourth-order valence-corrected chi connectivity index (χ4v) is 3.70. The Hall–Kier alpha value is -1.43. The maximum Gasteiger partial charge on any atom is 0.247 e. The van der Waals surface area contributed by atoms with Crippen molar-refractivity contribution >= 4 is 27.4 Å². The average Bonchev–Trinajstić information content (AvgIpc) is 2.77. The molecule has 0 atom stereocenters. The molecule has 0 saturated heterocycles. The van der Waals surface area contributed by atoms with Crippen LogP contribution in [0.3, 0.4) is 0 Å². The third-order valence-electron chi connectivity index (χ3n) is 2.66. The Balaban J connectivity index is 2.14. The highest BCUT2D eigenvalue weighted by atomic mass is 32.2. The van der Waals surface area contributed by atoms with Crippen LogP contribution in [0.1, 0.15) is 16.7 Å². The molecule has 0 radical (unpaired) electrons. The van der Waals surface area contributed by atoms with E-state index in [9.17, 15) is 8.42 Å². The Morgan fingerprint density at radius 1 is 1.32 bits per heavy atom. The van der Waals surface area contributed by atoms with Crippen LogP contribution in [-0.4, -0.2) is 8.42 Å². The van der Waals surface area contributed by atoms with Gasteiger partial charge >= 0.3 is 0 Å². The van der Waals surface area contributed by atoms with Gasteiger partial charge in [-0.1, -0.05) is 42.0 Å². The van der Waals surface area contributed by atoms with Crippen molar-refractivity contribution in [1.82, 2.24) is 0 Å². The Morgan fingerprint density at radius 2 is 2.11 bits per heavy atom. The molecular weight excluding hydrogens is 278 g/mol. The number of sulfonamides is 1. The Kier molecular flexibility index (Phi) is 4.19. The van der Waals surface area contributed by atoms with Gasteiger partial charge in [-0.15, -0.1) is 11.3 Å². The van der Waals surface area contributed by atoms with Crippen LogP contribution in [0, 0.1) is 6.92 Å². The van der Waals surface area contributed by atoms with Gasteiger partial charge in [0.25, 0.3) is 0 Å². The number of benzene rings is 1. The quantitative estimate of drug-likeness (QED) is 0.942. The van der Waals surface area contributed by atoms with Crippen LogP contribution in [0.25, 0.3) is 6.08 Å². The van der Waals surface area contributed by atoms with Crippen molar-refractivity contribution in [3.8, 4) is 0 Å². The lowest BCUT2D eigenvalue weighted by Crippen LogP contribution is -2.12. The first-order chi connectivity index (χ1) is 8.97. The summed E-state index contributed by atoms with van der Waals surface area (Å²) in [6, 6.07) is 9.91. The molecule has 0 saturated carbocycles. The van der Waals surface area contributed by atoms with Gasteiger partial charge < -0.3 is 0 Å². The Bertz CT molecular complexity index is 700. The molecule has 1 heterocycles. The first kappa shape index (κ1) is 14.0. The second-order valence-corrected chi connectivity index (χ2v) is 6.97. The van der Waals surface area contributed by atoms with Crippen molar-refractivity contribution in [2.75, 3.05) is 0 Å². The minimum absolute atomic E-state index is 0.251. The van der Waals surface area contributed by atoms with Crippen LogP contribution in [0.2, 0.25) is 0 Å². The smallest absolute Gasteiger partial charge is 0.224 e. The van der Waals surface area contributed by atoms with E-state index in [1.54, 1.807) is 11.4 Å². The number of nitrogens with two attached hydrogens (primary N) is 1. The minimum Gasteiger partial charge on any atom is -0.224 e. The SMILES string of the molecule is Cc1cccc(/C=C/Cc2ccsc2S(N)(=O)=O)c1. The Labute approximate surface area is 117 Å². The maximum atomic E-state index is 11.4. The highest BCUT2D eigenvalue weighted by Crippen LogP contribution is 2.22. The molecule has 0 aliphatic carbocycles. The summed E-state index contributed by atoms with van der Waals surface area (Å²) < 4.78 is 23.0. The normalized spacial score (nSPS) is 12.1. The number of hydrogen-bond acceptors (Lipinski definition) is 3. The number of rotatable bonds is 4. The zero-order valence-corrected chi connectivity index (χ0v) is 12.2. The second-order valence-electron chi connectivity index (χ2n) is 4.30. The van der Waals surface area contributed by atoms with Gasteiger partial charge in [0, 0.05) is 0 Å². The summed E-state index contributed by atoms with van der Waals surface area (Å²) in [6.07, 6.45) is 4.49. The molecule has 0 bridgehead atoms. The van der Waals surface area contributed by atoms with Gasteiger partial charge in [-0.25, -0.2) is 13.6 Å². The second kappa shape index (κ2) is 5.69. The van der Waals surface area contributed by atoms with Crippen molar-refractivity contribution in [1.29, 1.82) is 0 Å². The van der Waals surface area contributed by atoms with Gasteiger partial charge in [0.05, 0.1) is 0 Å². The number of primary sulfonamides is 1. The van der Waals surface area contributed by atoms with Gasteiger partial charge in [-0.2, -0.15) is 0 Å². The maximum absolute atomic E-state index is 11.4. The topological polar surface area (TPSA) is 60.2 Å². The van der Waals surface area contributed by atoms with E-state index in [4.69, 9.17) is 5.14 Å². The minimum atomic E-state index is -3.61. The van der Waals surface area contributed by atoms with E-state index in [0.717, 1.165) is 22.5 Å². The van der Waals surface area contributed by atoms with Gasteiger partial charge in [0.2, 0.25) is 10.0 Å². The van der Waals surface area contributed by atoms with Crippen molar-refractivity contribution < 1.29 is 8.42 Å². The van der Waals surface area contributed by atoms with Crippen molar-refractivity contribution in [3.05, 3.63) is 58.5 Å². The van der Waals surface area contributed by atoms with E-state index in [1.807, 2.05) is 37.3 Å². The lowest BCUT2D eigenvalue weighted by Gasteiger charge is -1.98. The molecule has 0 unspecified atom stereocenters. The Morgan fingerprint density at radius 3 is 2.79 bits per heavy atom. The van der Waals surface area contributed by atoms with Crippen LogP contribution < -0.4 is 5.14 Å². The molecule has 2 rings (SSSR count). The summed E-state index contributed by atoms with van der Waals surface area (Å²) in [5.74, 6) is 0. The van der Waals surface area contributed by atoms with Crippen LogP contribution in [-0.2, 0) is 16.4 Å². The number of aryl methyl sites for hydroxylation is 1. The molecule has 0 aliphatic rings. The van der Waals surface area contributed by atoms with Gasteiger partial charge in [-0.3, -0.25) is 0 Å². The van der Waals surface area contributed by atoms with Gasteiger partial charge in [0.15, 0.2) is 0 Å². The molecule has 5 heteroatoms. The molecule has 1 aromatic heterocycles. The van der Waals surface area contributed by atoms with E-state index in [2.05, 4.69) is 6.07 Å². The van der Waals surface area contributed by atoms with E-state index < -0.39 is 10.0 Å².